The molecule has 0 N–H and O–H groups in total. The number of allylic oxidation sites excluding steroid dienone is 1. The fourth-order valence-corrected chi connectivity index (χ4v) is 2.65. The van der Waals surface area contributed by atoms with Crippen molar-refractivity contribution in [1.82, 2.24) is 0 Å². The average molecular weight is 306 g/mol. The van der Waals surface area contributed by atoms with Crippen LogP contribution in [0, 0.1) is 0 Å². The van der Waals surface area contributed by atoms with Gasteiger partial charge in [0.2, 0.25) is 0 Å². The summed E-state index contributed by atoms with van der Waals surface area (Å²) in [5.74, 6) is -0.0343. The minimum Gasteiger partial charge on any atom is -0.358 e. The topological polar surface area (TPSA) is 26.3 Å². The number of ketones is 1. The van der Waals surface area contributed by atoms with Crippen LogP contribution in [0.15, 0.2) is 86.0 Å². The molecule has 23 heavy (non-hydrogen) atoms. The summed E-state index contributed by atoms with van der Waals surface area (Å²) in [5.41, 5.74) is 0.479. The largest absolute Gasteiger partial charge is 0.358 e. The van der Waals surface area contributed by atoms with E-state index in [0.717, 1.165) is 5.56 Å². The SMILES string of the molecule is C=CCCC(OCC=C)(C(=O)c1ccccc1)c1ccccc1. The summed E-state index contributed by atoms with van der Waals surface area (Å²) >= 11 is 0. The molecule has 0 amide bonds. The van der Waals surface area contributed by atoms with Crippen molar-refractivity contribution in [1.29, 1.82) is 0 Å². The molecular weight excluding hydrogens is 284 g/mol. The third-order valence-corrected chi connectivity index (χ3v) is 3.79. The summed E-state index contributed by atoms with van der Waals surface area (Å²) in [6.45, 7) is 7.81. The molecule has 118 valence electrons. The van der Waals surface area contributed by atoms with Crippen LogP contribution in [0.1, 0.15) is 28.8 Å². The molecule has 2 aromatic rings. The molecule has 0 heterocycles. The van der Waals surface area contributed by atoms with Crippen molar-refractivity contribution in [2.24, 2.45) is 0 Å². The molecule has 0 aliphatic carbocycles. The lowest BCUT2D eigenvalue weighted by molar-refractivity contribution is -0.0219. The van der Waals surface area contributed by atoms with Crippen LogP contribution in [-0.2, 0) is 10.3 Å². The highest BCUT2D eigenvalue weighted by Gasteiger charge is 2.40. The van der Waals surface area contributed by atoms with Crippen LogP contribution in [-0.4, -0.2) is 12.4 Å². The summed E-state index contributed by atoms with van der Waals surface area (Å²) in [7, 11) is 0. The fourth-order valence-electron chi connectivity index (χ4n) is 2.65. The molecule has 0 fully saturated rings. The quantitative estimate of drug-likeness (QED) is 0.485. The Morgan fingerprint density at radius 3 is 2.13 bits per heavy atom. The van der Waals surface area contributed by atoms with E-state index in [1.807, 2.05) is 66.7 Å². The molecule has 2 heteroatoms. The van der Waals surface area contributed by atoms with Gasteiger partial charge >= 0.3 is 0 Å². The second-order valence-corrected chi connectivity index (χ2v) is 5.32. The van der Waals surface area contributed by atoms with Crippen LogP contribution >= 0.6 is 0 Å². The Morgan fingerprint density at radius 2 is 1.57 bits per heavy atom. The van der Waals surface area contributed by atoms with Gasteiger partial charge in [-0.2, -0.15) is 0 Å². The smallest absolute Gasteiger partial charge is 0.199 e. The Morgan fingerprint density at radius 1 is 0.957 bits per heavy atom. The number of rotatable bonds is 9. The maximum atomic E-state index is 13.3. The van der Waals surface area contributed by atoms with Crippen molar-refractivity contribution in [3.8, 4) is 0 Å². The lowest BCUT2D eigenvalue weighted by Crippen LogP contribution is -2.39. The zero-order valence-corrected chi connectivity index (χ0v) is 13.3. The third kappa shape index (κ3) is 3.85. The Bertz CT molecular complexity index is 632. The summed E-state index contributed by atoms with van der Waals surface area (Å²) in [4.78, 5) is 13.3. The molecule has 2 aromatic carbocycles. The lowest BCUT2D eigenvalue weighted by atomic mass is 9.82. The van der Waals surface area contributed by atoms with E-state index in [-0.39, 0.29) is 5.78 Å². The third-order valence-electron chi connectivity index (χ3n) is 3.79. The van der Waals surface area contributed by atoms with Crippen molar-refractivity contribution in [3.05, 3.63) is 97.1 Å². The first-order valence-corrected chi connectivity index (χ1v) is 7.75. The number of benzene rings is 2. The van der Waals surface area contributed by atoms with E-state index in [1.165, 1.54) is 0 Å². The van der Waals surface area contributed by atoms with Crippen LogP contribution in [0.4, 0.5) is 0 Å². The van der Waals surface area contributed by atoms with Gasteiger partial charge in [-0.25, -0.2) is 0 Å². The van der Waals surface area contributed by atoms with E-state index in [0.29, 0.717) is 25.0 Å². The molecule has 1 atom stereocenters. The number of hydrogen-bond donors (Lipinski definition) is 0. The number of hydrogen-bond acceptors (Lipinski definition) is 2. The van der Waals surface area contributed by atoms with E-state index in [4.69, 9.17) is 4.74 Å². The van der Waals surface area contributed by atoms with Gasteiger partial charge in [-0.3, -0.25) is 4.79 Å². The van der Waals surface area contributed by atoms with Crippen LogP contribution in [0.3, 0.4) is 0 Å². The molecule has 0 saturated heterocycles. The molecule has 0 bridgehead atoms. The standard InChI is InChI=1S/C21H22O2/c1-3-5-16-21(23-17-4-2,19-14-10-7-11-15-19)20(22)18-12-8-6-9-13-18/h3-4,6-15H,1-2,5,16-17H2. The van der Waals surface area contributed by atoms with Gasteiger partial charge in [0.25, 0.3) is 0 Å². The minimum atomic E-state index is -1.02. The van der Waals surface area contributed by atoms with Crippen molar-refractivity contribution >= 4 is 5.78 Å². The van der Waals surface area contributed by atoms with Crippen LogP contribution in [0.25, 0.3) is 0 Å². The average Bonchev–Trinajstić information content (AvgIpc) is 2.63. The Balaban J connectivity index is 2.52. The highest BCUT2D eigenvalue weighted by atomic mass is 16.5. The van der Waals surface area contributed by atoms with Crippen LogP contribution < -0.4 is 0 Å². The summed E-state index contributed by atoms with van der Waals surface area (Å²) in [6, 6.07) is 18.9. The van der Waals surface area contributed by atoms with Gasteiger partial charge in [0.15, 0.2) is 11.4 Å². The van der Waals surface area contributed by atoms with Crippen LogP contribution in [0.5, 0.6) is 0 Å². The molecule has 0 radical (unpaired) electrons. The molecule has 2 rings (SSSR count). The molecule has 0 saturated carbocycles. The molecular formula is C21H22O2. The molecule has 0 aromatic heterocycles. The van der Waals surface area contributed by atoms with E-state index < -0.39 is 5.60 Å². The van der Waals surface area contributed by atoms with Gasteiger partial charge in [0.1, 0.15) is 0 Å². The Kier molecular flexibility index (Phi) is 6.07. The number of ether oxygens (including phenoxy) is 1. The summed E-state index contributed by atoms with van der Waals surface area (Å²) < 4.78 is 6.07. The molecule has 0 spiro atoms. The number of carbonyl (C=O) groups excluding carboxylic acids is 1. The zero-order chi connectivity index (χ0) is 16.5. The van der Waals surface area contributed by atoms with Gasteiger partial charge in [0, 0.05) is 5.56 Å². The molecule has 0 aliphatic rings. The first kappa shape index (κ1) is 16.9. The van der Waals surface area contributed by atoms with E-state index in [1.54, 1.807) is 6.08 Å². The van der Waals surface area contributed by atoms with Crippen LogP contribution in [0.2, 0.25) is 0 Å². The Labute approximate surface area is 138 Å². The van der Waals surface area contributed by atoms with Crippen molar-refractivity contribution in [2.45, 2.75) is 18.4 Å². The normalized spacial score (nSPS) is 13.0. The molecule has 0 aliphatic heterocycles. The summed E-state index contributed by atoms with van der Waals surface area (Å²) in [6.07, 6.45) is 4.71. The predicted molar refractivity (Wildman–Crippen MR) is 94.5 cm³/mol. The van der Waals surface area contributed by atoms with Gasteiger partial charge < -0.3 is 4.74 Å². The maximum Gasteiger partial charge on any atom is 0.199 e. The summed E-state index contributed by atoms with van der Waals surface area (Å²) in [5, 5.41) is 0. The zero-order valence-electron chi connectivity index (χ0n) is 13.3. The van der Waals surface area contributed by atoms with Gasteiger partial charge in [-0.05, 0) is 18.4 Å². The lowest BCUT2D eigenvalue weighted by Gasteiger charge is -2.32. The first-order chi connectivity index (χ1) is 11.2. The number of carbonyl (C=O) groups is 1. The van der Waals surface area contributed by atoms with E-state index >= 15 is 0 Å². The molecule has 2 nitrogen and oxygen atoms in total. The van der Waals surface area contributed by atoms with Crippen molar-refractivity contribution < 1.29 is 9.53 Å². The highest BCUT2D eigenvalue weighted by molar-refractivity contribution is 6.03. The predicted octanol–water partition coefficient (Wildman–Crippen LogP) is 4.93. The Hall–Kier alpha value is -2.45. The minimum absolute atomic E-state index is 0.0343. The van der Waals surface area contributed by atoms with Crippen molar-refractivity contribution in [3.63, 3.8) is 0 Å². The second-order valence-electron chi connectivity index (χ2n) is 5.32. The fraction of sp³-hybridized carbons (Fsp3) is 0.190. The number of Topliss-reactive ketones (excluding diaryl/α,β-unsaturated/α-hetero) is 1. The second kappa shape index (κ2) is 8.25. The van der Waals surface area contributed by atoms with E-state index in [9.17, 15) is 4.79 Å². The van der Waals surface area contributed by atoms with Gasteiger partial charge in [-0.1, -0.05) is 72.8 Å². The van der Waals surface area contributed by atoms with Gasteiger partial charge in [0.05, 0.1) is 6.61 Å². The van der Waals surface area contributed by atoms with E-state index in [2.05, 4.69) is 13.2 Å². The van der Waals surface area contributed by atoms with Crippen molar-refractivity contribution in [2.75, 3.05) is 6.61 Å². The first-order valence-electron chi connectivity index (χ1n) is 7.75. The molecule has 1 unspecified atom stereocenters. The highest BCUT2D eigenvalue weighted by Crippen LogP contribution is 2.35. The monoisotopic (exact) mass is 306 g/mol. The van der Waals surface area contributed by atoms with Gasteiger partial charge in [-0.15, -0.1) is 13.2 Å². The maximum absolute atomic E-state index is 13.3.